The molecule has 0 amide bonds. The van der Waals surface area contributed by atoms with Crippen molar-refractivity contribution < 1.29 is 19.4 Å². The van der Waals surface area contributed by atoms with Gasteiger partial charge in [-0.15, -0.1) is 11.3 Å². The molecule has 1 aromatic heterocycles. The summed E-state index contributed by atoms with van der Waals surface area (Å²) < 4.78 is 11.5. The second kappa shape index (κ2) is 9.05. The van der Waals surface area contributed by atoms with E-state index < -0.39 is 5.97 Å². The Morgan fingerprint density at radius 1 is 1.00 bits per heavy atom. The van der Waals surface area contributed by atoms with E-state index in [-0.39, 0.29) is 5.57 Å². The monoisotopic (exact) mass is 380 g/mol. The second-order valence-electron chi connectivity index (χ2n) is 5.89. The summed E-state index contributed by atoms with van der Waals surface area (Å²) in [7, 11) is 0. The molecule has 1 N–H and O–H groups in total. The predicted molar refractivity (Wildman–Crippen MR) is 108 cm³/mol. The van der Waals surface area contributed by atoms with Gasteiger partial charge in [-0.3, -0.25) is 0 Å². The van der Waals surface area contributed by atoms with Crippen molar-refractivity contribution in [3.05, 3.63) is 82.0 Å². The molecule has 27 heavy (non-hydrogen) atoms. The Labute approximate surface area is 162 Å². The van der Waals surface area contributed by atoms with Crippen LogP contribution in [0.2, 0.25) is 0 Å². The van der Waals surface area contributed by atoms with E-state index in [1.54, 1.807) is 12.1 Å². The number of hydrogen-bond acceptors (Lipinski definition) is 4. The summed E-state index contributed by atoms with van der Waals surface area (Å²) in [6, 6.07) is 18.8. The number of carboxylic acids is 1. The number of hydrogen-bond donors (Lipinski definition) is 1. The van der Waals surface area contributed by atoms with Gasteiger partial charge in [-0.25, -0.2) is 4.79 Å². The molecule has 0 unspecified atom stereocenters. The third-order valence-electron chi connectivity index (χ3n) is 3.87. The zero-order valence-electron chi connectivity index (χ0n) is 14.9. The smallest absolute Gasteiger partial charge is 0.337 e. The second-order valence-corrected chi connectivity index (χ2v) is 6.84. The quantitative estimate of drug-likeness (QED) is 0.434. The number of ether oxygens (including phenoxy) is 2. The highest BCUT2D eigenvalue weighted by molar-refractivity contribution is 7.11. The van der Waals surface area contributed by atoms with Gasteiger partial charge in [0.2, 0.25) is 0 Å². The molecule has 1 heterocycles. The molecule has 0 aliphatic carbocycles. The van der Waals surface area contributed by atoms with E-state index in [9.17, 15) is 9.90 Å². The SMILES string of the molecule is Cc1ccc(OCCOc2ccccc2/C=C(\C(=O)O)c2cccs2)cc1. The summed E-state index contributed by atoms with van der Waals surface area (Å²) in [6.45, 7) is 2.79. The molecule has 138 valence electrons. The van der Waals surface area contributed by atoms with Crippen LogP contribution >= 0.6 is 11.3 Å². The number of para-hydroxylation sites is 1. The number of rotatable bonds is 8. The highest BCUT2D eigenvalue weighted by Crippen LogP contribution is 2.27. The van der Waals surface area contributed by atoms with Crippen LogP contribution in [-0.2, 0) is 4.79 Å². The molecular weight excluding hydrogens is 360 g/mol. The van der Waals surface area contributed by atoms with Crippen LogP contribution in [0.5, 0.6) is 11.5 Å². The molecule has 0 bridgehead atoms. The normalized spacial score (nSPS) is 11.2. The van der Waals surface area contributed by atoms with Crippen molar-refractivity contribution in [3.63, 3.8) is 0 Å². The van der Waals surface area contributed by atoms with E-state index in [2.05, 4.69) is 0 Å². The van der Waals surface area contributed by atoms with Gasteiger partial charge in [-0.1, -0.05) is 42.0 Å². The zero-order valence-corrected chi connectivity index (χ0v) is 15.7. The Kier molecular flexibility index (Phi) is 6.28. The first-order chi connectivity index (χ1) is 13.1. The van der Waals surface area contributed by atoms with Crippen LogP contribution < -0.4 is 9.47 Å². The van der Waals surface area contributed by atoms with Crippen molar-refractivity contribution >= 4 is 29.0 Å². The van der Waals surface area contributed by atoms with Crippen LogP contribution in [0.4, 0.5) is 0 Å². The largest absolute Gasteiger partial charge is 0.490 e. The molecule has 5 heteroatoms. The van der Waals surface area contributed by atoms with E-state index >= 15 is 0 Å². The summed E-state index contributed by atoms with van der Waals surface area (Å²) in [5.74, 6) is 0.457. The standard InChI is InChI=1S/C22H20O4S/c1-16-8-10-18(11-9-16)25-12-13-26-20-6-3-2-5-17(20)15-19(22(23)24)21-7-4-14-27-21/h2-11,14-15H,12-13H2,1H3,(H,23,24)/b19-15-. The van der Waals surface area contributed by atoms with E-state index in [1.165, 1.54) is 16.9 Å². The fraction of sp³-hybridized carbons (Fsp3) is 0.136. The molecule has 0 spiro atoms. The van der Waals surface area contributed by atoms with Crippen LogP contribution in [0.1, 0.15) is 16.0 Å². The fourth-order valence-corrected chi connectivity index (χ4v) is 3.24. The number of thiophene rings is 1. The fourth-order valence-electron chi connectivity index (χ4n) is 2.50. The average Bonchev–Trinajstić information content (AvgIpc) is 3.19. The molecular formula is C22H20O4S. The van der Waals surface area contributed by atoms with Gasteiger partial charge in [0.1, 0.15) is 24.7 Å². The van der Waals surface area contributed by atoms with E-state index in [0.717, 1.165) is 11.3 Å². The lowest BCUT2D eigenvalue weighted by Gasteiger charge is -2.11. The summed E-state index contributed by atoms with van der Waals surface area (Å²) in [4.78, 5) is 12.3. The van der Waals surface area contributed by atoms with Crippen molar-refractivity contribution in [3.8, 4) is 11.5 Å². The topological polar surface area (TPSA) is 55.8 Å². The van der Waals surface area contributed by atoms with Gasteiger partial charge in [0.05, 0.1) is 5.57 Å². The molecule has 4 nitrogen and oxygen atoms in total. The summed E-state index contributed by atoms with van der Waals surface area (Å²) >= 11 is 1.39. The summed E-state index contributed by atoms with van der Waals surface area (Å²) in [6.07, 6.45) is 1.64. The van der Waals surface area contributed by atoms with Crippen molar-refractivity contribution in [2.75, 3.05) is 13.2 Å². The third kappa shape index (κ3) is 5.21. The van der Waals surface area contributed by atoms with Crippen LogP contribution in [0, 0.1) is 6.92 Å². The molecule has 0 saturated carbocycles. The van der Waals surface area contributed by atoms with Gasteiger partial charge in [0, 0.05) is 10.4 Å². The first kappa shape index (κ1) is 18.7. The maximum Gasteiger partial charge on any atom is 0.337 e. The van der Waals surface area contributed by atoms with Gasteiger partial charge in [-0.05, 0) is 42.6 Å². The van der Waals surface area contributed by atoms with Crippen molar-refractivity contribution in [1.82, 2.24) is 0 Å². The summed E-state index contributed by atoms with van der Waals surface area (Å²) in [5.41, 5.74) is 2.15. The molecule has 2 aromatic carbocycles. The van der Waals surface area contributed by atoms with Gasteiger partial charge >= 0.3 is 5.97 Å². The highest BCUT2D eigenvalue weighted by atomic mass is 32.1. The third-order valence-corrected chi connectivity index (χ3v) is 4.77. The van der Waals surface area contributed by atoms with Crippen LogP contribution in [0.15, 0.2) is 66.0 Å². The Morgan fingerprint density at radius 3 is 2.44 bits per heavy atom. The Hall–Kier alpha value is -3.05. The van der Waals surface area contributed by atoms with E-state index in [4.69, 9.17) is 9.47 Å². The molecule has 0 radical (unpaired) electrons. The number of benzene rings is 2. The molecule has 0 aliphatic rings. The highest BCUT2D eigenvalue weighted by Gasteiger charge is 2.13. The number of carbonyl (C=O) groups is 1. The van der Waals surface area contributed by atoms with Gasteiger partial charge < -0.3 is 14.6 Å². The first-order valence-corrected chi connectivity index (χ1v) is 9.41. The van der Waals surface area contributed by atoms with Gasteiger partial charge in [0.15, 0.2) is 0 Å². The summed E-state index contributed by atoms with van der Waals surface area (Å²) in [5, 5.41) is 11.4. The van der Waals surface area contributed by atoms with Crippen LogP contribution in [0.25, 0.3) is 11.6 Å². The van der Waals surface area contributed by atoms with Crippen molar-refractivity contribution in [2.45, 2.75) is 6.92 Å². The maximum absolute atomic E-state index is 11.6. The Balaban J connectivity index is 1.67. The Bertz CT molecular complexity index is 912. The molecule has 0 fully saturated rings. The van der Waals surface area contributed by atoms with Gasteiger partial charge in [0.25, 0.3) is 0 Å². The molecule has 0 aliphatic heterocycles. The maximum atomic E-state index is 11.6. The van der Waals surface area contributed by atoms with Crippen molar-refractivity contribution in [2.24, 2.45) is 0 Å². The first-order valence-electron chi connectivity index (χ1n) is 8.53. The van der Waals surface area contributed by atoms with Crippen LogP contribution in [-0.4, -0.2) is 24.3 Å². The Morgan fingerprint density at radius 2 is 1.74 bits per heavy atom. The minimum absolute atomic E-state index is 0.247. The lowest BCUT2D eigenvalue weighted by Crippen LogP contribution is -2.09. The molecule has 3 aromatic rings. The predicted octanol–water partition coefficient (Wildman–Crippen LogP) is 5.14. The molecule has 0 atom stereocenters. The number of aryl methyl sites for hydroxylation is 1. The molecule has 0 saturated heterocycles. The minimum Gasteiger partial charge on any atom is -0.490 e. The lowest BCUT2D eigenvalue weighted by atomic mass is 10.1. The van der Waals surface area contributed by atoms with Gasteiger partial charge in [-0.2, -0.15) is 0 Å². The van der Waals surface area contributed by atoms with E-state index in [1.807, 2.05) is 66.9 Å². The van der Waals surface area contributed by atoms with Crippen molar-refractivity contribution in [1.29, 1.82) is 0 Å². The molecule has 3 rings (SSSR count). The number of aliphatic carboxylic acids is 1. The van der Waals surface area contributed by atoms with E-state index in [0.29, 0.717) is 23.8 Å². The average molecular weight is 380 g/mol. The minimum atomic E-state index is -0.963. The zero-order chi connectivity index (χ0) is 19.1. The lowest BCUT2D eigenvalue weighted by molar-refractivity contribution is -0.130. The number of carboxylic acid groups (broad SMARTS) is 1. The van der Waals surface area contributed by atoms with Crippen LogP contribution in [0.3, 0.4) is 0 Å².